The molecule has 0 unspecified atom stereocenters. The highest BCUT2D eigenvalue weighted by Crippen LogP contribution is 2.39. The number of rotatable bonds is 8. The van der Waals surface area contributed by atoms with E-state index < -0.39 is 12.1 Å². The number of ketones is 1. The number of nitrogens with one attached hydrogen (secondary N) is 2. The molecule has 2 aromatic heterocycles. The van der Waals surface area contributed by atoms with Gasteiger partial charge >= 0.3 is 5.97 Å². The molecule has 8 heteroatoms. The second-order valence-electron chi connectivity index (χ2n) is 7.39. The summed E-state index contributed by atoms with van der Waals surface area (Å²) in [6.07, 6.45) is 2.76. The van der Waals surface area contributed by atoms with E-state index in [4.69, 9.17) is 4.74 Å². The molecule has 32 heavy (non-hydrogen) atoms. The lowest BCUT2D eigenvalue weighted by molar-refractivity contribution is 0.0526. The number of esters is 1. The van der Waals surface area contributed by atoms with Gasteiger partial charge in [-0.05, 0) is 61.7 Å². The number of thiophene rings is 2. The van der Waals surface area contributed by atoms with Crippen LogP contribution in [0.4, 0.5) is 5.00 Å². The van der Waals surface area contributed by atoms with Crippen LogP contribution in [0.2, 0.25) is 0 Å². The standard InChI is InChI=1S/C24H24N2O4S2/c1-2-30-24(29)19-16-11-6-7-12-17(16)32-23(19)26-21(20(27)18-13-8-14-31-18)25-22(28)15-9-4-3-5-10-15/h3-5,8-10,13-14,21,26H,2,6-7,11-12H2,1H3,(H,25,28)/t21-/m1/s1. The molecule has 0 spiro atoms. The van der Waals surface area contributed by atoms with Gasteiger partial charge in [-0.1, -0.05) is 24.3 Å². The number of carbonyl (C=O) groups excluding carboxylic acids is 3. The van der Waals surface area contributed by atoms with Crippen LogP contribution in [0.5, 0.6) is 0 Å². The van der Waals surface area contributed by atoms with Gasteiger partial charge in [-0.25, -0.2) is 4.79 Å². The van der Waals surface area contributed by atoms with Gasteiger partial charge in [0.2, 0.25) is 5.78 Å². The molecule has 1 amide bonds. The Morgan fingerprint density at radius 1 is 1.06 bits per heavy atom. The van der Waals surface area contributed by atoms with Crippen molar-refractivity contribution in [1.29, 1.82) is 0 Å². The van der Waals surface area contributed by atoms with Crippen molar-refractivity contribution >= 4 is 45.3 Å². The van der Waals surface area contributed by atoms with Crippen molar-refractivity contribution in [1.82, 2.24) is 5.32 Å². The zero-order valence-electron chi connectivity index (χ0n) is 17.7. The Kier molecular flexibility index (Phi) is 7.02. The maximum atomic E-state index is 13.2. The second kappa shape index (κ2) is 10.1. The molecule has 6 nitrogen and oxygen atoms in total. The highest BCUT2D eigenvalue weighted by molar-refractivity contribution is 7.16. The Labute approximate surface area is 194 Å². The smallest absolute Gasteiger partial charge is 0.341 e. The maximum absolute atomic E-state index is 13.2. The summed E-state index contributed by atoms with van der Waals surface area (Å²) in [5, 5.41) is 8.37. The molecule has 3 aromatic rings. The summed E-state index contributed by atoms with van der Waals surface area (Å²) in [5.41, 5.74) is 1.94. The predicted molar refractivity (Wildman–Crippen MR) is 127 cm³/mol. The van der Waals surface area contributed by atoms with E-state index in [1.54, 1.807) is 43.3 Å². The van der Waals surface area contributed by atoms with E-state index in [1.165, 1.54) is 22.7 Å². The van der Waals surface area contributed by atoms with Gasteiger partial charge in [0.1, 0.15) is 5.00 Å². The van der Waals surface area contributed by atoms with Gasteiger partial charge in [-0.2, -0.15) is 0 Å². The van der Waals surface area contributed by atoms with E-state index in [1.807, 2.05) is 11.4 Å². The van der Waals surface area contributed by atoms with Gasteiger partial charge in [0.25, 0.3) is 5.91 Å². The summed E-state index contributed by atoms with van der Waals surface area (Å²) in [6.45, 7) is 2.04. The summed E-state index contributed by atoms with van der Waals surface area (Å²) in [5.74, 6) is -1.02. The molecule has 0 saturated heterocycles. The fourth-order valence-corrected chi connectivity index (χ4v) is 5.75. The van der Waals surface area contributed by atoms with Crippen LogP contribution in [0.1, 0.15) is 60.6 Å². The zero-order valence-corrected chi connectivity index (χ0v) is 19.3. The molecule has 4 rings (SSSR count). The Hall–Kier alpha value is -2.97. The van der Waals surface area contributed by atoms with Crippen LogP contribution >= 0.6 is 22.7 Å². The number of anilines is 1. The first-order valence-electron chi connectivity index (χ1n) is 10.6. The van der Waals surface area contributed by atoms with Crippen LogP contribution in [0.15, 0.2) is 47.8 Å². The largest absolute Gasteiger partial charge is 0.462 e. The molecule has 2 heterocycles. The minimum absolute atomic E-state index is 0.259. The second-order valence-corrected chi connectivity index (χ2v) is 9.45. The van der Waals surface area contributed by atoms with Crippen LogP contribution in [0.3, 0.4) is 0 Å². The third kappa shape index (κ3) is 4.76. The fourth-order valence-electron chi connectivity index (χ4n) is 3.75. The first-order valence-corrected chi connectivity index (χ1v) is 12.3. The Morgan fingerprint density at radius 2 is 1.84 bits per heavy atom. The van der Waals surface area contributed by atoms with E-state index in [-0.39, 0.29) is 18.3 Å². The number of hydrogen-bond acceptors (Lipinski definition) is 7. The number of ether oxygens (including phenoxy) is 1. The summed E-state index contributed by atoms with van der Waals surface area (Å²) in [4.78, 5) is 40.6. The molecular formula is C24H24N2O4S2. The van der Waals surface area contributed by atoms with E-state index in [9.17, 15) is 14.4 Å². The zero-order chi connectivity index (χ0) is 22.5. The van der Waals surface area contributed by atoms with Crippen molar-refractivity contribution in [3.05, 3.63) is 74.3 Å². The van der Waals surface area contributed by atoms with Gasteiger partial charge in [-0.15, -0.1) is 22.7 Å². The van der Waals surface area contributed by atoms with Crippen LogP contribution in [-0.2, 0) is 17.6 Å². The topological polar surface area (TPSA) is 84.5 Å². The fraction of sp³-hybridized carbons (Fsp3) is 0.292. The van der Waals surface area contributed by atoms with Gasteiger partial charge in [0, 0.05) is 10.4 Å². The van der Waals surface area contributed by atoms with Gasteiger partial charge in [0.15, 0.2) is 6.17 Å². The molecule has 1 aliphatic rings. The Balaban J connectivity index is 1.68. The van der Waals surface area contributed by atoms with Crippen molar-refractivity contribution in [2.45, 2.75) is 38.8 Å². The number of carbonyl (C=O) groups is 3. The third-order valence-corrected chi connectivity index (χ3v) is 7.37. The van der Waals surface area contributed by atoms with Crippen molar-refractivity contribution in [2.24, 2.45) is 0 Å². The normalized spacial score (nSPS) is 13.7. The molecule has 2 N–H and O–H groups in total. The van der Waals surface area contributed by atoms with Gasteiger partial charge < -0.3 is 15.4 Å². The molecule has 166 valence electrons. The first kappa shape index (κ1) is 22.2. The third-order valence-electron chi connectivity index (χ3n) is 5.26. The highest BCUT2D eigenvalue weighted by Gasteiger charge is 2.30. The van der Waals surface area contributed by atoms with Crippen molar-refractivity contribution in [3.63, 3.8) is 0 Å². The lowest BCUT2D eigenvalue weighted by Crippen LogP contribution is -2.46. The predicted octanol–water partition coefficient (Wildman–Crippen LogP) is 4.92. The summed E-state index contributed by atoms with van der Waals surface area (Å²) < 4.78 is 5.32. The van der Waals surface area contributed by atoms with Gasteiger partial charge in [0.05, 0.1) is 17.0 Å². The molecule has 0 saturated carbocycles. The van der Waals surface area contributed by atoms with Crippen LogP contribution in [0, 0.1) is 0 Å². The molecule has 1 aromatic carbocycles. The van der Waals surface area contributed by atoms with Crippen LogP contribution in [0.25, 0.3) is 0 Å². The lowest BCUT2D eigenvalue weighted by atomic mass is 9.95. The van der Waals surface area contributed by atoms with Crippen molar-refractivity contribution in [2.75, 3.05) is 11.9 Å². The van der Waals surface area contributed by atoms with E-state index in [0.29, 0.717) is 21.0 Å². The van der Waals surface area contributed by atoms with Crippen molar-refractivity contribution in [3.8, 4) is 0 Å². The molecule has 0 radical (unpaired) electrons. The molecule has 0 fully saturated rings. The number of Topliss-reactive ketones (excluding diaryl/α,β-unsaturated/α-hetero) is 1. The van der Waals surface area contributed by atoms with E-state index in [2.05, 4.69) is 10.6 Å². The highest BCUT2D eigenvalue weighted by atomic mass is 32.1. The van der Waals surface area contributed by atoms with E-state index in [0.717, 1.165) is 36.1 Å². The maximum Gasteiger partial charge on any atom is 0.341 e. The number of amides is 1. The van der Waals surface area contributed by atoms with Crippen molar-refractivity contribution < 1.29 is 19.1 Å². The first-order chi connectivity index (χ1) is 15.6. The quantitative estimate of drug-likeness (QED) is 0.279. The molecule has 0 bridgehead atoms. The lowest BCUT2D eigenvalue weighted by Gasteiger charge is -2.20. The SMILES string of the molecule is CCOC(=O)c1c(N[C@@H](NC(=O)c2ccccc2)C(=O)c2cccs2)sc2c1CCCC2. The van der Waals surface area contributed by atoms with E-state index >= 15 is 0 Å². The molecule has 1 aliphatic carbocycles. The monoisotopic (exact) mass is 468 g/mol. The van der Waals surface area contributed by atoms with Gasteiger partial charge in [-0.3, -0.25) is 9.59 Å². The molecule has 0 aliphatic heterocycles. The Morgan fingerprint density at radius 3 is 2.56 bits per heavy atom. The number of aryl methyl sites for hydroxylation is 1. The number of hydrogen-bond donors (Lipinski definition) is 2. The molecule has 1 atom stereocenters. The summed E-state index contributed by atoms with van der Waals surface area (Å²) in [6, 6.07) is 12.3. The average Bonchev–Trinajstić information content (AvgIpc) is 3.47. The number of benzene rings is 1. The minimum Gasteiger partial charge on any atom is -0.462 e. The minimum atomic E-state index is -1.02. The van der Waals surface area contributed by atoms with Crippen LogP contribution < -0.4 is 10.6 Å². The molecular weight excluding hydrogens is 444 g/mol. The summed E-state index contributed by atoms with van der Waals surface area (Å²) >= 11 is 2.78. The average molecular weight is 469 g/mol. The summed E-state index contributed by atoms with van der Waals surface area (Å²) in [7, 11) is 0. The number of fused-ring (bicyclic) bond motifs is 1. The van der Waals surface area contributed by atoms with Crippen LogP contribution in [-0.4, -0.2) is 30.4 Å². The Bertz CT molecular complexity index is 1110.